The summed E-state index contributed by atoms with van der Waals surface area (Å²) in [5.74, 6) is 1.66. The van der Waals surface area contributed by atoms with E-state index < -0.39 is 0 Å². The number of aromatic nitrogens is 2. The molecular formula is C17H18ClN5OS. The topological polar surface area (TPSA) is 75.3 Å². The number of guanidine groups is 1. The van der Waals surface area contributed by atoms with Crippen molar-refractivity contribution in [2.75, 3.05) is 7.05 Å². The van der Waals surface area contributed by atoms with Crippen molar-refractivity contribution >= 4 is 28.9 Å². The number of benzene rings is 1. The minimum Gasteiger partial charge on any atom is -0.352 e. The van der Waals surface area contributed by atoms with Crippen LogP contribution in [0.15, 0.2) is 45.2 Å². The van der Waals surface area contributed by atoms with Crippen LogP contribution in [0.2, 0.25) is 5.02 Å². The molecule has 25 heavy (non-hydrogen) atoms. The van der Waals surface area contributed by atoms with Crippen LogP contribution in [0.1, 0.15) is 16.3 Å². The van der Waals surface area contributed by atoms with Gasteiger partial charge in [0.25, 0.3) is 0 Å². The minimum absolute atomic E-state index is 0.386. The van der Waals surface area contributed by atoms with Crippen molar-refractivity contribution in [3.63, 3.8) is 0 Å². The highest BCUT2D eigenvalue weighted by Crippen LogP contribution is 2.19. The van der Waals surface area contributed by atoms with Crippen molar-refractivity contribution in [3.8, 4) is 11.4 Å². The molecule has 0 atom stereocenters. The molecule has 0 spiro atoms. The summed E-state index contributed by atoms with van der Waals surface area (Å²) in [6.45, 7) is 3.21. The predicted octanol–water partition coefficient (Wildman–Crippen LogP) is 3.63. The number of hydrogen-bond acceptors (Lipinski definition) is 5. The Bertz CT molecular complexity index is 873. The summed E-state index contributed by atoms with van der Waals surface area (Å²) >= 11 is 7.71. The number of aryl methyl sites for hydroxylation is 1. The van der Waals surface area contributed by atoms with Crippen molar-refractivity contribution in [2.24, 2.45) is 4.99 Å². The molecule has 3 rings (SSSR count). The average molecular weight is 376 g/mol. The molecule has 0 aliphatic heterocycles. The minimum atomic E-state index is 0.386. The van der Waals surface area contributed by atoms with Gasteiger partial charge in [0, 0.05) is 22.5 Å². The number of halogens is 1. The van der Waals surface area contributed by atoms with E-state index in [0.29, 0.717) is 29.2 Å². The predicted molar refractivity (Wildman–Crippen MR) is 101 cm³/mol. The van der Waals surface area contributed by atoms with Gasteiger partial charge in [-0.05, 0) is 36.1 Å². The fraction of sp³-hybridized carbons (Fsp3) is 0.235. The molecule has 130 valence electrons. The van der Waals surface area contributed by atoms with Crippen LogP contribution in [0.3, 0.4) is 0 Å². The van der Waals surface area contributed by atoms with Gasteiger partial charge in [-0.25, -0.2) is 0 Å². The Kier molecular flexibility index (Phi) is 5.67. The maximum absolute atomic E-state index is 5.99. The summed E-state index contributed by atoms with van der Waals surface area (Å²) in [7, 11) is 1.72. The van der Waals surface area contributed by atoms with Gasteiger partial charge in [0.05, 0.1) is 13.1 Å². The van der Waals surface area contributed by atoms with E-state index in [1.54, 1.807) is 30.5 Å². The fourth-order valence-corrected chi connectivity index (χ4v) is 3.24. The number of thiophene rings is 1. The molecule has 2 heterocycles. The van der Waals surface area contributed by atoms with Crippen LogP contribution in [-0.2, 0) is 13.1 Å². The molecular weight excluding hydrogens is 358 g/mol. The van der Waals surface area contributed by atoms with Gasteiger partial charge in [-0.2, -0.15) is 4.98 Å². The van der Waals surface area contributed by atoms with Crippen LogP contribution >= 0.6 is 22.9 Å². The standard InChI is InChI=1S/C17H18ClN5OS/c1-11-6-7-25-14(11)9-20-17(19-2)21-10-15-22-16(23-24-15)12-4-3-5-13(18)8-12/h3-8H,9-10H2,1-2H3,(H2,19,20,21). The first-order chi connectivity index (χ1) is 12.2. The van der Waals surface area contributed by atoms with Gasteiger partial charge in [-0.3, -0.25) is 4.99 Å². The van der Waals surface area contributed by atoms with Gasteiger partial charge in [0.1, 0.15) is 0 Å². The summed E-state index contributed by atoms with van der Waals surface area (Å²) < 4.78 is 5.28. The third-order valence-electron chi connectivity index (χ3n) is 3.57. The van der Waals surface area contributed by atoms with E-state index in [9.17, 15) is 0 Å². The number of nitrogens with zero attached hydrogens (tertiary/aromatic N) is 3. The monoisotopic (exact) mass is 375 g/mol. The summed E-state index contributed by atoms with van der Waals surface area (Å²) in [6.07, 6.45) is 0. The number of nitrogens with one attached hydrogen (secondary N) is 2. The molecule has 6 nitrogen and oxygen atoms in total. The molecule has 0 radical (unpaired) electrons. The lowest BCUT2D eigenvalue weighted by atomic mass is 10.2. The van der Waals surface area contributed by atoms with Crippen molar-refractivity contribution in [3.05, 3.63) is 57.1 Å². The van der Waals surface area contributed by atoms with E-state index in [4.69, 9.17) is 16.1 Å². The first kappa shape index (κ1) is 17.4. The fourth-order valence-electron chi connectivity index (χ4n) is 2.20. The Labute approximate surface area is 154 Å². The van der Waals surface area contributed by atoms with E-state index in [-0.39, 0.29) is 0 Å². The molecule has 0 unspecified atom stereocenters. The van der Waals surface area contributed by atoms with Crippen LogP contribution in [0.5, 0.6) is 0 Å². The summed E-state index contributed by atoms with van der Waals surface area (Å²) in [5.41, 5.74) is 2.09. The van der Waals surface area contributed by atoms with E-state index in [2.05, 4.69) is 44.1 Å². The van der Waals surface area contributed by atoms with Gasteiger partial charge in [-0.1, -0.05) is 28.9 Å². The lowest BCUT2D eigenvalue weighted by molar-refractivity contribution is 0.375. The third-order valence-corrected chi connectivity index (χ3v) is 4.82. The second kappa shape index (κ2) is 8.13. The van der Waals surface area contributed by atoms with Gasteiger partial charge >= 0.3 is 0 Å². The normalized spacial score (nSPS) is 11.6. The molecule has 1 aromatic carbocycles. The maximum Gasteiger partial charge on any atom is 0.246 e. The third kappa shape index (κ3) is 4.58. The largest absolute Gasteiger partial charge is 0.352 e. The lowest BCUT2D eigenvalue weighted by Crippen LogP contribution is -2.36. The second-order valence-corrected chi connectivity index (χ2v) is 6.77. The maximum atomic E-state index is 5.99. The van der Waals surface area contributed by atoms with Gasteiger partial charge < -0.3 is 15.2 Å². The lowest BCUT2D eigenvalue weighted by Gasteiger charge is -2.09. The Morgan fingerprint density at radius 2 is 2.12 bits per heavy atom. The van der Waals surface area contributed by atoms with Crippen molar-refractivity contribution in [1.29, 1.82) is 0 Å². The first-order valence-electron chi connectivity index (χ1n) is 7.71. The zero-order valence-corrected chi connectivity index (χ0v) is 15.5. The molecule has 0 saturated carbocycles. The molecule has 0 saturated heterocycles. The number of hydrogen-bond donors (Lipinski definition) is 2. The van der Waals surface area contributed by atoms with Gasteiger partial charge in [-0.15, -0.1) is 11.3 Å². The van der Waals surface area contributed by atoms with E-state index in [1.807, 2.05) is 12.1 Å². The van der Waals surface area contributed by atoms with Crippen molar-refractivity contribution in [2.45, 2.75) is 20.0 Å². The Hall–Kier alpha value is -2.38. The summed E-state index contributed by atoms with van der Waals surface area (Å²) in [5, 5.41) is 13.1. The summed E-state index contributed by atoms with van der Waals surface area (Å²) in [4.78, 5) is 9.85. The van der Waals surface area contributed by atoms with Crippen LogP contribution in [0.25, 0.3) is 11.4 Å². The Morgan fingerprint density at radius 1 is 1.28 bits per heavy atom. The zero-order chi connectivity index (χ0) is 17.6. The second-order valence-electron chi connectivity index (χ2n) is 5.33. The molecule has 3 aromatic rings. The molecule has 2 N–H and O–H groups in total. The highest BCUT2D eigenvalue weighted by atomic mass is 35.5. The molecule has 0 fully saturated rings. The molecule has 0 bridgehead atoms. The van der Waals surface area contributed by atoms with Crippen LogP contribution < -0.4 is 10.6 Å². The molecule has 0 aliphatic carbocycles. The highest BCUT2D eigenvalue weighted by molar-refractivity contribution is 7.10. The zero-order valence-electron chi connectivity index (χ0n) is 13.9. The van der Waals surface area contributed by atoms with Gasteiger partial charge in [0.2, 0.25) is 11.7 Å². The van der Waals surface area contributed by atoms with E-state index in [1.165, 1.54) is 10.4 Å². The average Bonchev–Trinajstić information content (AvgIpc) is 3.24. The van der Waals surface area contributed by atoms with Gasteiger partial charge in [0.15, 0.2) is 5.96 Å². The van der Waals surface area contributed by atoms with Crippen LogP contribution in [-0.4, -0.2) is 23.1 Å². The highest BCUT2D eigenvalue weighted by Gasteiger charge is 2.10. The smallest absolute Gasteiger partial charge is 0.246 e. The number of rotatable bonds is 5. The van der Waals surface area contributed by atoms with Crippen molar-refractivity contribution < 1.29 is 4.52 Å². The van der Waals surface area contributed by atoms with Crippen LogP contribution in [0, 0.1) is 6.92 Å². The van der Waals surface area contributed by atoms with E-state index in [0.717, 1.165) is 12.1 Å². The van der Waals surface area contributed by atoms with Crippen molar-refractivity contribution in [1.82, 2.24) is 20.8 Å². The first-order valence-corrected chi connectivity index (χ1v) is 8.97. The quantitative estimate of drug-likeness (QED) is 0.526. The SMILES string of the molecule is CN=C(NCc1nc(-c2cccc(Cl)c2)no1)NCc1sccc1C. The molecule has 2 aromatic heterocycles. The summed E-state index contributed by atoms with van der Waals surface area (Å²) in [6, 6.07) is 9.45. The Balaban J connectivity index is 1.56. The molecule has 8 heteroatoms. The Morgan fingerprint density at radius 3 is 2.84 bits per heavy atom. The van der Waals surface area contributed by atoms with E-state index >= 15 is 0 Å². The molecule has 0 aliphatic rings. The number of aliphatic imine (C=N–C) groups is 1. The molecule has 0 amide bonds. The van der Waals surface area contributed by atoms with Crippen LogP contribution in [0.4, 0.5) is 0 Å².